The lowest BCUT2D eigenvalue weighted by molar-refractivity contribution is -0.111. The molecule has 3 nitrogen and oxygen atoms in total. The highest BCUT2D eigenvalue weighted by Crippen LogP contribution is 2.35. The molecule has 0 spiro atoms. The monoisotopic (exact) mass is 430 g/mol. The van der Waals surface area contributed by atoms with Gasteiger partial charge in [-0.1, -0.05) is 63.2 Å². The molecule has 0 fully saturated rings. The number of rotatable bonds is 4. The Hall–Kier alpha value is -2.80. The van der Waals surface area contributed by atoms with Gasteiger partial charge in [0.1, 0.15) is 0 Å². The van der Waals surface area contributed by atoms with Crippen LogP contribution in [0, 0.1) is 0 Å². The molecule has 0 radical (unpaired) electrons. The van der Waals surface area contributed by atoms with Crippen LogP contribution in [0.3, 0.4) is 0 Å². The molecule has 0 aliphatic rings. The predicted octanol–water partition coefficient (Wildman–Crippen LogP) is 6.76. The summed E-state index contributed by atoms with van der Waals surface area (Å²) in [6, 6.07) is 15.9. The minimum Gasteiger partial charge on any atom is -0.320 e. The Morgan fingerprint density at radius 3 is 2.30 bits per heavy atom. The molecule has 0 atom stereocenters. The van der Waals surface area contributed by atoms with Crippen LogP contribution in [-0.4, -0.2) is 16.4 Å². The zero-order valence-corrected chi connectivity index (χ0v) is 17.6. The highest BCUT2D eigenvalue weighted by molar-refractivity contribution is 8.03. The molecule has 1 heterocycles. The number of benzene rings is 2. The fourth-order valence-corrected chi connectivity index (χ4v) is 3.42. The summed E-state index contributed by atoms with van der Waals surface area (Å²) in [6.45, 7) is 6.12. The second-order valence-corrected chi connectivity index (χ2v) is 8.69. The number of halogens is 3. The lowest BCUT2D eigenvalue weighted by Crippen LogP contribution is -2.15. The molecular weight excluding hydrogens is 409 g/mol. The highest BCUT2D eigenvalue weighted by atomic mass is 32.2. The number of aromatic nitrogens is 1. The van der Waals surface area contributed by atoms with E-state index in [-0.39, 0.29) is 22.7 Å². The highest BCUT2D eigenvalue weighted by Gasteiger charge is 2.28. The molecule has 0 saturated carbocycles. The van der Waals surface area contributed by atoms with Crippen LogP contribution < -0.4 is 5.32 Å². The molecule has 0 saturated heterocycles. The van der Waals surface area contributed by atoms with Crippen molar-refractivity contribution in [1.29, 1.82) is 0 Å². The molecule has 156 valence electrons. The zero-order chi connectivity index (χ0) is 21.9. The van der Waals surface area contributed by atoms with E-state index in [9.17, 15) is 18.0 Å². The first kappa shape index (κ1) is 21.9. The number of anilines is 1. The van der Waals surface area contributed by atoms with E-state index in [1.54, 1.807) is 36.5 Å². The first-order valence-corrected chi connectivity index (χ1v) is 10.1. The Kier molecular flexibility index (Phi) is 6.22. The molecule has 7 heteroatoms. The number of fused-ring (bicyclic) bond motifs is 1. The number of carbonyl (C=O) groups is 1. The van der Waals surface area contributed by atoms with E-state index in [1.807, 2.05) is 45.0 Å². The summed E-state index contributed by atoms with van der Waals surface area (Å²) in [5.41, 5.74) is -2.23. The number of hydrogen-bond donors (Lipinski definition) is 1. The summed E-state index contributed by atoms with van der Waals surface area (Å²) in [5.74, 6) is -0.631. The van der Waals surface area contributed by atoms with E-state index in [4.69, 9.17) is 0 Å². The second kappa shape index (κ2) is 8.52. The van der Waals surface area contributed by atoms with E-state index >= 15 is 0 Å². The Bertz CT molecular complexity index is 1080. The number of thioether (sulfide) groups is 1. The summed E-state index contributed by atoms with van der Waals surface area (Å²) in [6.07, 6.45) is 1.60. The number of nitrogens with zero attached hydrogens (tertiary/aromatic N) is 1. The van der Waals surface area contributed by atoms with E-state index < -0.39 is 11.4 Å². The van der Waals surface area contributed by atoms with Gasteiger partial charge in [-0.25, -0.2) is 0 Å². The van der Waals surface area contributed by atoms with Crippen LogP contribution in [0.4, 0.5) is 18.9 Å². The lowest BCUT2D eigenvalue weighted by atomic mass is 9.86. The molecule has 0 aliphatic heterocycles. The third-order valence-electron chi connectivity index (χ3n) is 4.50. The van der Waals surface area contributed by atoms with Gasteiger partial charge >= 0.3 is 5.51 Å². The molecule has 3 rings (SSSR count). The summed E-state index contributed by atoms with van der Waals surface area (Å²) >= 11 is -0.350. The third kappa shape index (κ3) is 5.42. The van der Waals surface area contributed by atoms with Crippen molar-refractivity contribution < 1.29 is 18.0 Å². The third-order valence-corrected chi connectivity index (χ3v) is 5.12. The minimum atomic E-state index is -4.49. The molecular formula is C23H21F3N2OS. The largest absolute Gasteiger partial charge is 0.445 e. The summed E-state index contributed by atoms with van der Waals surface area (Å²) < 4.78 is 38.5. The lowest BCUT2D eigenvalue weighted by Gasteiger charge is -2.19. The van der Waals surface area contributed by atoms with Crippen molar-refractivity contribution in [3.63, 3.8) is 0 Å². The van der Waals surface area contributed by atoms with Crippen LogP contribution in [0.25, 0.3) is 16.5 Å². The maximum atomic E-state index is 13.0. The fraction of sp³-hybridized carbons (Fsp3) is 0.217. The van der Waals surface area contributed by atoms with Gasteiger partial charge < -0.3 is 5.32 Å². The van der Waals surface area contributed by atoms with Crippen molar-refractivity contribution in [3.8, 4) is 0 Å². The molecule has 0 bridgehead atoms. The van der Waals surface area contributed by atoms with Crippen molar-refractivity contribution >= 4 is 39.8 Å². The van der Waals surface area contributed by atoms with Crippen molar-refractivity contribution in [2.24, 2.45) is 0 Å². The number of alkyl halides is 3. The van der Waals surface area contributed by atoms with Crippen molar-refractivity contribution in [2.45, 2.75) is 31.7 Å². The summed E-state index contributed by atoms with van der Waals surface area (Å²) in [7, 11) is 0. The van der Waals surface area contributed by atoms with Gasteiger partial charge in [0.25, 0.3) is 5.91 Å². The second-order valence-electron chi connectivity index (χ2n) is 7.76. The van der Waals surface area contributed by atoms with Crippen LogP contribution in [0.2, 0.25) is 0 Å². The van der Waals surface area contributed by atoms with Gasteiger partial charge in [-0.2, -0.15) is 13.2 Å². The zero-order valence-electron chi connectivity index (χ0n) is 16.7. The van der Waals surface area contributed by atoms with E-state index in [1.165, 1.54) is 0 Å². The Morgan fingerprint density at radius 2 is 1.67 bits per heavy atom. The average Bonchev–Trinajstić information content (AvgIpc) is 2.67. The number of nitrogens with one attached hydrogen (secondary N) is 1. The molecule has 3 aromatic rings. The van der Waals surface area contributed by atoms with E-state index in [0.717, 1.165) is 16.4 Å². The van der Waals surface area contributed by atoms with Crippen LogP contribution >= 0.6 is 11.8 Å². The predicted molar refractivity (Wildman–Crippen MR) is 117 cm³/mol. The maximum absolute atomic E-state index is 13.0. The Labute approximate surface area is 177 Å². The molecule has 1 amide bonds. The van der Waals surface area contributed by atoms with Gasteiger partial charge in [0.2, 0.25) is 0 Å². The first-order valence-electron chi connectivity index (χ1n) is 9.25. The molecule has 2 aromatic carbocycles. The van der Waals surface area contributed by atoms with Crippen LogP contribution in [-0.2, 0) is 10.2 Å². The minimum absolute atomic E-state index is 0.0641. The number of hydrogen-bond acceptors (Lipinski definition) is 3. The number of carbonyl (C=O) groups excluding carboxylic acids is 1. The first-order chi connectivity index (χ1) is 14.0. The van der Waals surface area contributed by atoms with Crippen molar-refractivity contribution in [3.05, 3.63) is 77.3 Å². The van der Waals surface area contributed by atoms with E-state index in [2.05, 4.69) is 10.3 Å². The van der Waals surface area contributed by atoms with Gasteiger partial charge in [0.15, 0.2) is 0 Å². The molecule has 0 unspecified atom stereocenters. The molecule has 1 N–H and O–H groups in total. The van der Waals surface area contributed by atoms with Crippen LogP contribution in [0.5, 0.6) is 0 Å². The topological polar surface area (TPSA) is 42.0 Å². The van der Waals surface area contributed by atoms with Crippen LogP contribution in [0.15, 0.2) is 66.2 Å². The number of pyridine rings is 1. The van der Waals surface area contributed by atoms with Gasteiger partial charge in [0.05, 0.1) is 16.8 Å². The van der Waals surface area contributed by atoms with E-state index in [0.29, 0.717) is 16.8 Å². The maximum Gasteiger partial charge on any atom is 0.445 e. The Balaban J connectivity index is 1.96. The van der Waals surface area contributed by atoms with Crippen molar-refractivity contribution in [2.75, 3.05) is 5.32 Å². The standard InChI is InChI=1S/C23H21F3N2OS/c1-22(2,3)17-11-9-15(10-12-17)18(14-30-23(24,25)26)21(29)28-19-8-4-6-16-7-5-13-27-20(16)19/h4-14H,1-3H3,(H,28,29)/b18-14-. The molecule has 30 heavy (non-hydrogen) atoms. The van der Waals surface area contributed by atoms with Gasteiger partial charge in [0, 0.05) is 11.6 Å². The summed E-state index contributed by atoms with van der Waals surface area (Å²) in [5, 5.41) is 4.38. The average molecular weight is 430 g/mol. The van der Waals surface area contributed by atoms with Crippen molar-refractivity contribution in [1.82, 2.24) is 4.98 Å². The van der Waals surface area contributed by atoms with Gasteiger partial charge in [-0.15, -0.1) is 0 Å². The Morgan fingerprint density at radius 1 is 1.00 bits per heavy atom. The number of amides is 1. The molecule has 1 aromatic heterocycles. The fourth-order valence-electron chi connectivity index (χ4n) is 2.92. The number of para-hydroxylation sites is 1. The SMILES string of the molecule is CC(C)(C)c1ccc(/C(=C/SC(F)(F)F)C(=O)Nc2cccc3cccnc23)cc1. The van der Waals surface area contributed by atoms with Crippen LogP contribution in [0.1, 0.15) is 31.9 Å². The van der Waals surface area contributed by atoms with Gasteiger partial charge in [-0.3, -0.25) is 9.78 Å². The van der Waals surface area contributed by atoms with Gasteiger partial charge in [-0.05, 0) is 45.8 Å². The smallest absolute Gasteiger partial charge is 0.320 e. The summed E-state index contributed by atoms with van der Waals surface area (Å²) in [4.78, 5) is 17.2. The quantitative estimate of drug-likeness (QED) is 0.465. The normalized spacial score (nSPS) is 12.8. The molecule has 0 aliphatic carbocycles.